The first-order chi connectivity index (χ1) is 10.6. The maximum Gasteiger partial charge on any atom is 0.259 e. The Morgan fingerprint density at radius 2 is 1.95 bits per heavy atom. The average molecular weight is 297 g/mol. The maximum absolute atomic E-state index is 12.7. The number of nitrogens with zero attached hydrogens (tertiary/aromatic N) is 1. The molecule has 1 saturated heterocycles. The number of rotatable bonds is 1. The topological polar surface area (TPSA) is 99.3 Å². The zero-order valence-electron chi connectivity index (χ0n) is 11.4. The minimum Gasteiger partial charge on any atom is -0.322 e. The summed E-state index contributed by atoms with van der Waals surface area (Å²) in [5.41, 5.74) is 1.09. The van der Waals surface area contributed by atoms with E-state index in [4.69, 9.17) is 0 Å². The van der Waals surface area contributed by atoms with Crippen molar-refractivity contribution in [2.45, 2.75) is 18.9 Å². The van der Waals surface area contributed by atoms with Crippen molar-refractivity contribution in [3.63, 3.8) is 0 Å². The monoisotopic (exact) mass is 297 g/mol. The van der Waals surface area contributed by atoms with Crippen molar-refractivity contribution in [3.8, 4) is 0 Å². The van der Waals surface area contributed by atoms with E-state index in [-0.39, 0.29) is 30.2 Å². The van der Waals surface area contributed by atoms with Crippen LogP contribution in [0.15, 0.2) is 29.1 Å². The Labute approximate surface area is 123 Å². The Hall–Kier alpha value is -2.96. The van der Waals surface area contributed by atoms with Crippen LogP contribution in [0.1, 0.15) is 23.2 Å². The van der Waals surface area contributed by atoms with Gasteiger partial charge in [0.1, 0.15) is 6.04 Å². The Morgan fingerprint density at radius 3 is 2.73 bits per heavy atom. The number of aromatic amines is 1. The van der Waals surface area contributed by atoms with Gasteiger partial charge in [0.25, 0.3) is 11.5 Å². The number of anilines is 1. The lowest BCUT2D eigenvalue weighted by atomic mass is 10.0. The molecular formula is C15H11N3O4. The number of nitrogens with one attached hydrogen (secondary N) is 2. The van der Waals surface area contributed by atoms with Gasteiger partial charge in [-0.05, 0) is 18.6 Å². The summed E-state index contributed by atoms with van der Waals surface area (Å²) in [5, 5.41) is 2.88. The zero-order chi connectivity index (χ0) is 15.4. The fourth-order valence-corrected chi connectivity index (χ4v) is 3.14. The molecular weight excluding hydrogens is 286 g/mol. The minimum absolute atomic E-state index is 0.170. The van der Waals surface area contributed by atoms with Crippen LogP contribution in [0.25, 0.3) is 10.9 Å². The van der Waals surface area contributed by atoms with E-state index >= 15 is 0 Å². The highest BCUT2D eigenvalue weighted by molar-refractivity contribution is 6.26. The third kappa shape index (κ3) is 1.62. The fourth-order valence-electron chi connectivity index (χ4n) is 3.14. The molecule has 4 rings (SSSR count). The van der Waals surface area contributed by atoms with Gasteiger partial charge in [-0.3, -0.25) is 29.4 Å². The van der Waals surface area contributed by atoms with Crippen molar-refractivity contribution in [2.24, 2.45) is 0 Å². The predicted octanol–water partition coefficient (Wildman–Crippen LogP) is 0.294. The molecule has 0 bridgehead atoms. The Kier molecular flexibility index (Phi) is 2.47. The van der Waals surface area contributed by atoms with Crippen LogP contribution in [0.4, 0.5) is 5.69 Å². The molecule has 2 aliphatic rings. The molecule has 1 aromatic carbocycles. The molecule has 0 aliphatic carbocycles. The number of H-pyrrole nitrogens is 1. The number of carbonyl (C=O) groups excluding carboxylic acids is 3. The molecule has 2 aromatic rings. The van der Waals surface area contributed by atoms with Crippen LogP contribution >= 0.6 is 0 Å². The van der Waals surface area contributed by atoms with E-state index in [2.05, 4.69) is 10.3 Å². The summed E-state index contributed by atoms with van der Waals surface area (Å²) in [6, 6.07) is 5.61. The van der Waals surface area contributed by atoms with Crippen molar-refractivity contribution in [1.29, 1.82) is 0 Å². The molecule has 1 aromatic heterocycles. The van der Waals surface area contributed by atoms with Crippen molar-refractivity contribution in [2.75, 3.05) is 4.90 Å². The van der Waals surface area contributed by atoms with Crippen molar-refractivity contribution in [3.05, 3.63) is 40.2 Å². The molecule has 2 N–H and O–H groups in total. The molecule has 0 radical (unpaired) electrons. The first-order valence-corrected chi connectivity index (χ1v) is 6.89. The highest BCUT2D eigenvalue weighted by Gasteiger charge is 2.40. The Bertz CT molecular complexity index is 915. The molecule has 7 heteroatoms. The lowest BCUT2D eigenvalue weighted by molar-refractivity contribution is -0.134. The molecule has 0 spiro atoms. The summed E-state index contributed by atoms with van der Waals surface area (Å²) in [6.07, 6.45) is 0.418. The van der Waals surface area contributed by atoms with Crippen molar-refractivity contribution in [1.82, 2.24) is 10.3 Å². The number of imide groups is 1. The summed E-state index contributed by atoms with van der Waals surface area (Å²) in [4.78, 5) is 51.8. The molecule has 7 nitrogen and oxygen atoms in total. The molecule has 3 amide bonds. The quantitative estimate of drug-likeness (QED) is 0.739. The number of carbonyl (C=O) groups is 3. The average Bonchev–Trinajstić information content (AvgIpc) is 2.74. The fraction of sp³-hybridized carbons (Fsp3) is 0.200. The van der Waals surface area contributed by atoms with Gasteiger partial charge >= 0.3 is 0 Å². The van der Waals surface area contributed by atoms with E-state index in [0.717, 1.165) is 0 Å². The van der Waals surface area contributed by atoms with Crippen molar-refractivity contribution < 1.29 is 14.4 Å². The minimum atomic E-state index is -0.775. The van der Waals surface area contributed by atoms with Crippen molar-refractivity contribution >= 4 is 34.3 Å². The van der Waals surface area contributed by atoms with E-state index in [0.29, 0.717) is 22.2 Å². The molecule has 22 heavy (non-hydrogen) atoms. The van der Waals surface area contributed by atoms with Crippen LogP contribution in [0.3, 0.4) is 0 Å². The number of amides is 3. The SMILES string of the molecule is O=C1CCC(N2C(=O)c3cccc4[nH]c(=O)cc2c34)C(=O)N1. The molecule has 110 valence electrons. The Balaban J connectivity index is 1.91. The Morgan fingerprint density at radius 1 is 1.14 bits per heavy atom. The standard InChI is InChI=1S/C15H11N3O4/c19-11-5-4-9(14(21)17-11)18-10-6-12(20)16-8-3-1-2-7(13(8)10)15(18)22/h1-3,6,9H,4-5H2,(H,16,20)(H,17,19,21). The van der Waals surface area contributed by atoms with Gasteiger partial charge in [-0.25, -0.2) is 0 Å². The largest absolute Gasteiger partial charge is 0.322 e. The van der Waals surface area contributed by atoms with Gasteiger partial charge in [0.2, 0.25) is 11.8 Å². The zero-order valence-corrected chi connectivity index (χ0v) is 11.4. The maximum atomic E-state index is 12.7. The lowest BCUT2D eigenvalue weighted by Gasteiger charge is -2.30. The van der Waals surface area contributed by atoms with E-state index in [1.807, 2.05) is 0 Å². The number of hydrogen-bond acceptors (Lipinski definition) is 4. The highest BCUT2D eigenvalue weighted by Crippen LogP contribution is 2.37. The molecule has 2 aliphatic heterocycles. The van der Waals surface area contributed by atoms with Crippen LogP contribution in [-0.4, -0.2) is 28.7 Å². The summed E-state index contributed by atoms with van der Waals surface area (Å²) in [5.74, 6) is -1.18. The van der Waals surface area contributed by atoms with E-state index < -0.39 is 11.9 Å². The lowest BCUT2D eigenvalue weighted by Crippen LogP contribution is -2.53. The summed E-state index contributed by atoms with van der Waals surface area (Å²) in [6.45, 7) is 0. The first kappa shape index (κ1) is 12.8. The van der Waals surface area contributed by atoms with E-state index in [1.165, 1.54) is 11.0 Å². The normalized spacial score (nSPS) is 20.6. The molecule has 0 saturated carbocycles. The smallest absolute Gasteiger partial charge is 0.259 e. The molecule has 1 unspecified atom stereocenters. The van der Waals surface area contributed by atoms with Crippen LogP contribution in [0, 0.1) is 0 Å². The van der Waals surface area contributed by atoms with Gasteiger partial charge in [0, 0.05) is 17.9 Å². The van der Waals surface area contributed by atoms with E-state index in [9.17, 15) is 19.2 Å². The van der Waals surface area contributed by atoms with Gasteiger partial charge in [-0.2, -0.15) is 0 Å². The predicted molar refractivity (Wildman–Crippen MR) is 77.5 cm³/mol. The van der Waals surface area contributed by atoms with Crippen LogP contribution in [0.5, 0.6) is 0 Å². The number of piperidine rings is 1. The van der Waals surface area contributed by atoms with Gasteiger partial charge < -0.3 is 4.98 Å². The van der Waals surface area contributed by atoms with Crippen LogP contribution in [-0.2, 0) is 9.59 Å². The molecule has 3 heterocycles. The van der Waals surface area contributed by atoms with Gasteiger partial charge in [-0.1, -0.05) is 6.07 Å². The molecule has 1 atom stereocenters. The number of hydrogen-bond donors (Lipinski definition) is 2. The van der Waals surface area contributed by atoms with Gasteiger partial charge in [0.05, 0.1) is 16.8 Å². The third-order valence-electron chi connectivity index (χ3n) is 4.08. The first-order valence-electron chi connectivity index (χ1n) is 6.89. The second kappa shape index (κ2) is 4.27. The van der Waals surface area contributed by atoms with Crippen LogP contribution in [0.2, 0.25) is 0 Å². The highest BCUT2D eigenvalue weighted by atomic mass is 16.2. The van der Waals surface area contributed by atoms with Crippen LogP contribution < -0.4 is 15.8 Å². The second-order valence-corrected chi connectivity index (χ2v) is 5.39. The van der Waals surface area contributed by atoms with Gasteiger partial charge in [0.15, 0.2) is 0 Å². The summed E-state index contributed by atoms with van der Waals surface area (Å²) in [7, 11) is 0. The van der Waals surface area contributed by atoms with E-state index in [1.54, 1.807) is 18.2 Å². The third-order valence-corrected chi connectivity index (χ3v) is 4.08. The number of aromatic nitrogens is 1. The summed E-state index contributed by atoms with van der Waals surface area (Å²) < 4.78 is 0. The number of benzene rings is 1. The number of pyridine rings is 1. The summed E-state index contributed by atoms with van der Waals surface area (Å²) >= 11 is 0. The second-order valence-electron chi connectivity index (χ2n) is 5.39. The molecule has 1 fully saturated rings. The van der Waals surface area contributed by atoms with Gasteiger partial charge in [-0.15, -0.1) is 0 Å².